The largest absolute Gasteiger partial charge is 0.509 e. The van der Waals surface area contributed by atoms with Gasteiger partial charge in [-0.3, -0.25) is 4.57 Å². The minimum Gasteiger partial charge on any atom is -0.430 e. The Bertz CT molecular complexity index is 218. The third-order valence-electron chi connectivity index (χ3n) is 1.44. The van der Waals surface area contributed by atoms with Crippen molar-refractivity contribution in [2.24, 2.45) is 0 Å². The van der Waals surface area contributed by atoms with Crippen LogP contribution in [0.25, 0.3) is 0 Å². The Morgan fingerprint density at radius 3 is 2.42 bits per heavy atom. The summed E-state index contributed by atoms with van der Waals surface area (Å²) in [5.41, 5.74) is 0. The van der Waals surface area contributed by atoms with Crippen LogP contribution in [0.3, 0.4) is 0 Å². The predicted octanol–water partition coefficient (Wildman–Crippen LogP) is 0.965. The minimum atomic E-state index is -3.33. The fourth-order valence-electron chi connectivity index (χ4n) is 0.784. The molecule has 1 rings (SSSR count). The number of carbonyl (C=O) groups excluding carboxylic acids is 1. The Labute approximate surface area is 69.3 Å². The summed E-state index contributed by atoms with van der Waals surface area (Å²) in [6.07, 6.45) is -0.852. The number of ether oxygens (including phenoxy) is 2. The summed E-state index contributed by atoms with van der Waals surface area (Å²) in [5, 5.41) is 0. The number of cyclic esters (lactones) is 2. The van der Waals surface area contributed by atoms with Crippen molar-refractivity contribution in [1.82, 2.24) is 0 Å². The first-order valence-corrected chi connectivity index (χ1v) is 4.78. The van der Waals surface area contributed by atoms with E-state index in [1.165, 1.54) is 14.2 Å². The maximum Gasteiger partial charge on any atom is 0.509 e. The Morgan fingerprint density at radius 1 is 1.50 bits per heavy atom. The fraction of sp³-hybridized carbons (Fsp3) is 0.800. The molecule has 0 aromatic carbocycles. The summed E-state index contributed by atoms with van der Waals surface area (Å²) in [6, 6.07) is 0. The predicted molar refractivity (Wildman–Crippen MR) is 37.8 cm³/mol. The van der Waals surface area contributed by atoms with Crippen LogP contribution >= 0.6 is 7.60 Å². The average molecular weight is 196 g/mol. The number of carbonyl (C=O) groups is 1. The maximum absolute atomic E-state index is 11.5. The van der Waals surface area contributed by atoms with Gasteiger partial charge >= 0.3 is 13.8 Å². The Morgan fingerprint density at radius 2 is 2.08 bits per heavy atom. The molecule has 1 heterocycles. The van der Waals surface area contributed by atoms with Gasteiger partial charge in [0.2, 0.25) is 5.85 Å². The molecular weight excluding hydrogens is 187 g/mol. The number of hydrogen-bond acceptors (Lipinski definition) is 6. The summed E-state index contributed by atoms with van der Waals surface area (Å²) in [6.45, 7) is -0.0994. The number of hydrogen-bond donors (Lipinski definition) is 0. The molecule has 0 saturated carbocycles. The van der Waals surface area contributed by atoms with Crippen molar-refractivity contribution in [1.29, 1.82) is 0 Å². The maximum atomic E-state index is 11.5. The van der Waals surface area contributed by atoms with Crippen LogP contribution in [0, 0.1) is 0 Å². The molecule has 0 aliphatic carbocycles. The van der Waals surface area contributed by atoms with Crippen molar-refractivity contribution in [3.8, 4) is 0 Å². The third kappa shape index (κ3) is 1.60. The molecule has 1 unspecified atom stereocenters. The third-order valence-corrected chi connectivity index (χ3v) is 3.42. The first-order valence-electron chi connectivity index (χ1n) is 3.17. The second-order valence-corrected chi connectivity index (χ2v) is 4.42. The van der Waals surface area contributed by atoms with Crippen LogP contribution in [0.1, 0.15) is 0 Å². The van der Waals surface area contributed by atoms with Gasteiger partial charge in [-0.15, -0.1) is 0 Å². The van der Waals surface area contributed by atoms with Crippen LogP contribution in [0.15, 0.2) is 0 Å². The van der Waals surface area contributed by atoms with E-state index in [-0.39, 0.29) is 6.61 Å². The van der Waals surface area contributed by atoms with E-state index < -0.39 is 19.6 Å². The minimum absolute atomic E-state index is 0.0994. The van der Waals surface area contributed by atoms with Crippen LogP contribution in [0.2, 0.25) is 0 Å². The topological polar surface area (TPSA) is 71.1 Å². The highest BCUT2D eigenvalue weighted by molar-refractivity contribution is 7.54. The van der Waals surface area contributed by atoms with Gasteiger partial charge < -0.3 is 18.5 Å². The highest BCUT2D eigenvalue weighted by Crippen LogP contribution is 2.53. The van der Waals surface area contributed by atoms with Gasteiger partial charge in [0.1, 0.15) is 6.61 Å². The van der Waals surface area contributed by atoms with Gasteiger partial charge in [-0.25, -0.2) is 4.79 Å². The van der Waals surface area contributed by atoms with Crippen molar-refractivity contribution < 1.29 is 27.9 Å². The molecule has 0 aromatic heterocycles. The lowest BCUT2D eigenvalue weighted by molar-refractivity contribution is 0.121. The lowest BCUT2D eigenvalue weighted by Gasteiger charge is -2.16. The Kier molecular flexibility index (Phi) is 2.72. The molecule has 1 aliphatic heterocycles. The van der Waals surface area contributed by atoms with Crippen LogP contribution in [-0.4, -0.2) is 32.8 Å². The van der Waals surface area contributed by atoms with Gasteiger partial charge in [0.15, 0.2) is 0 Å². The van der Waals surface area contributed by atoms with Gasteiger partial charge in [0, 0.05) is 14.2 Å². The first kappa shape index (κ1) is 9.51. The molecule has 0 amide bonds. The first-order chi connectivity index (χ1) is 5.62. The van der Waals surface area contributed by atoms with Gasteiger partial charge in [-0.1, -0.05) is 0 Å². The Balaban J connectivity index is 2.68. The molecule has 0 N–H and O–H groups in total. The molecule has 1 fully saturated rings. The zero-order chi connectivity index (χ0) is 9.19. The Hall–Kier alpha value is -0.580. The average Bonchev–Trinajstić information content (AvgIpc) is 2.51. The molecular formula is C5H9O6P. The van der Waals surface area contributed by atoms with Crippen LogP contribution in [-0.2, 0) is 23.1 Å². The summed E-state index contributed by atoms with van der Waals surface area (Å²) in [4.78, 5) is 10.5. The molecule has 0 aromatic rings. The van der Waals surface area contributed by atoms with Crippen molar-refractivity contribution in [2.45, 2.75) is 5.85 Å². The van der Waals surface area contributed by atoms with E-state index >= 15 is 0 Å². The van der Waals surface area contributed by atoms with Gasteiger partial charge in [0.25, 0.3) is 0 Å². The summed E-state index contributed by atoms with van der Waals surface area (Å²) < 4.78 is 29.6. The van der Waals surface area contributed by atoms with Crippen molar-refractivity contribution >= 4 is 13.8 Å². The molecule has 0 bridgehead atoms. The highest BCUT2D eigenvalue weighted by Gasteiger charge is 2.43. The van der Waals surface area contributed by atoms with E-state index in [2.05, 4.69) is 18.5 Å². The summed E-state index contributed by atoms with van der Waals surface area (Å²) in [7, 11) is -0.897. The van der Waals surface area contributed by atoms with Crippen molar-refractivity contribution in [3.63, 3.8) is 0 Å². The molecule has 6 nitrogen and oxygen atoms in total. The van der Waals surface area contributed by atoms with Crippen LogP contribution in [0.4, 0.5) is 4.79 Å². The van der Waals surface area contributed by atoms with Crippen molar-refractivity contribution in [3.05, 3.63) is 0 Å². The van der Waals surface area contributed by atoms with E-state index in [1.807, 2.05) is 0 Å². The van der Waals surface area contributed by atoms with Gasteiger partial charge in [0.05, 0.1) is 0 Å². The quantitative estimate of drug-likeness (QED) is 0.494. The molecule has 1 atom stereocenters. The lowest BCUT2D eigenvalue weighted by atomic mass is 10.8. The second-order valence-electron chi connectivity index (χ2n) is 2.04. The van der Waals surface area contributed by atoms with Gasteiger partial charge in [-0.2, -0.15) is 0 Å². The van der Waals surface area contributed by atoms with Crippen LogP contribution < -0.4 is 0 Å². The zero-order valence-corrected chi connectivity index (χ0v) is 7.58. The number of rotatable bonds is 3. The highest BCUT2D eigenvalue weighted by atomic mass is 31.2. The molecule has 12 heavy (non-hydrogen) atoms. The molecule has 70 valence electrons. The van der Waals surface area contributed by atoms with Crippen molar-refractivity contribution in [2.75, 3.05) is 20.8 Å². The zero-order valence-electron chi connectivity index (χ0n) is 6.68. The summed E-state index contributed by atoms with van der Waals surface area (Å²) in [5.74, 6) is -0.944. The van der Waals surface area contributed by atoms with Crippen LogP contribution in [0.5, 0.6) is 0 Å². The normalized spacial score (nSPS) is 23.5. The standard InChI is InChI=1S/C5H9O6P/c1-8-12(7,9-2)4-3-10-5(6)11-4/h4H,3H2,1-2H3. The second kappa shape index (κ2) is 3.43. The molecule has 0 spiro atoms. The van der Waals surface area contributed by atoms with E-state index in [9.17, 15) is 9.36 Å². The molecule has 7 heteroatoms. The monoisotopic (exact) mass is 196 g/mol. The lowest BCUT2D eigenvalue weighted by Crippen LogP contribution is -2.12. The summed E-state index contributed by atoms with van der Waals surface area (Å²) >= 11 is 0. The molecule has 1 aliphatic rings. The SMILES string of the molecule is COP(=O)(OC)C1COC(=O)O1. The van der Waals surface area contributed by atoms with E-state index in [4.69, 9.17) is 0 Å². The van der Waals surface area contributed by atoms with E-state index in [0.29, 0.717) is 0 Å². The molecule has 1 saturated heterocycles. The van der Waals surface area contributed by atoms with E-state index in [0.717, 1.165) is 0 Å². The molecule has 0 radical (unpaired) electrons. The smallest absolute Gasteiger partial charge is 0.430 e. The van der Waals surface area contributed by atoms with E-state index in [1.54, 1.807) is 0 Å². The van der Waals surface area contributed by atoms with Gasteiger partial charge in [-0.05, 0) is 0 Å². The fourth-order valence-corrected chi connectivity index (χ4v) is 1.88.